The fourth-order valence-corrected chi connectivity index (χ4v) is 3.18. The maximum Gasteiger partial charge on any atom is 0.135 e. The van der Waals surface area contributed by atoms with Gasteiger partial charge in [-0.05, 0) is 34.3 Å². The third-order valence-corrected chi connectivity index (χ3v) is 4.78. The van der Waals surface area contributed by atoms with Crippen molar-refractivity contribution in [2.24, 2.45) is 0 Å². The Morgan fingerprint density at radius 2 is 2.05 bits per heavy atom. The molecular weight excluding hydrogens is 324 g/mol. The van der Waals surface area contributed by atoms with E-state index in [1.807, 2.05) is 14.0 Å². The van der Waals surface area contributed by atoms with Crippen LogP contribution in [0.25, 0.3) is 0 Å². The smallest absolute Gasteiger partial charge is 0.135 e. The molecule has 102 valence electrons. The largest absolute Gasteiger partial charge is 0.373 e. The van der Waals surface area contributed by atoms with Crippen LogP contribution < -0.4 is 10.6 Å². The van der Waals surface area contributed by atoms with E-state index in [1.54, 1.807) is 11.3 Å². The van der Waals surface area contributed by atoms with Crippen molar-refractivity contribution < 1.29 is 0 Å². The first kappa shape index (κ1) is 14.3. The Hall–Kier alpha value is -1.14. The number of halogens is 1. The monoisotopic (exact) mass is 340 g/mol. The van der Waals surface area contributed by atoms with Gasteiger partial charge in [-0.2, -0.15) is 0 Å². The highest BCUT2D eigenvalue weighted by Crippen LogP contribution is 2.25. The molecule has 0 saturated heterocycles. The second kappa shape index (κ2) is 6.34. The zero-order valence-electron chi connectivity index (χ0n) is 11.2. The fraction of sp³-hybridized carbons (Fsp3) is 0.385. The molecule has 0 aliphatic carbocycles. The van der Waals surface area contributed by atoms with E-state index < -0.39 is 0 Å². The molecule has 4 nitrogen and oxygen atoms in total. The molecule has 0 aliphatic rings. The summed E-state index contributed by atoms with van der Waals surface area (Å²) in [6.07, 6.45) is 0.826. The number of aromatic nitrogens is 2. The second-order valence-corrected chi connectivity index (χ2v) is 5.97. The molecule has 19 heavy (non-hydrogen) atoms. The van der Waals surface area contributed by atoms with Crippen molar-refractivity contribution in [1.82, 2.24) is 9.97 Å². The van der Waals surface area contributed by atoms with Crippen LogP contribution >= 0.6 is 27.3 Å². The van der Waals surface area contributed by atoms with Crippen LogP contribution in [-0.4, -0.2) is 17.0 Å². The van der Waals surface area contributed by atoms with Crippen LogP contribution in [0.3, 0.4) is 0 Å². The van der Waals surface area contributed by atoms with Crippen LogP contribution in [0, 0.1) is 6.92 Å². The number of hydrogen-bond acceptors (Lipinski definition) is 5. The minimum absolute atomic E-state index is 0.766. The van der Waals surface area contributed by atoms with Gasteiger partial charge in [-0.3, -0.25) is 0 Å². The number of aryl methyl sites for hydroxylation is 1. The van der Waals surface area contributed by atoms with Crippen LogP contribution in [0.2, 0.25) is 0 Å². The van der Waals surface area contributed by atoms with Gasteiger partial charge in [-0.25, -0.2) is 9.97 Å². The van der Waals surface area contributed by atoms with Gasteiger partial charge in [0.25, 0.3) is 0 Å². The van der Waals surface area contributed by atoms with Gasteiger partial charge in [0.05, 0.1) is 6.54 Å². The number of rotatable bonds is 5. The van der Waals surface area contributed by atoms with Crippen molar-refractivity contribution in [2.45, 2.75) is 26.8 Å². The molecule has 2 heterocycles. The molecule has 0 spiro atoms. The van der Waals surface area contributed by atoms with Crippen LogP contribution in [0.5, 0.6) is 0 Å². The summed E-state index contributed by atoms with van der Waals surface area (Å²) < 4.78 is 1.14. The Bertz CT molecular complexity index is 568. The molecule has 0 atom stereocenters. The first-order chi connectivity index (χ1) is 9.15. The molecule has 2 rings (SSSR count). The molecular formula is C13H17BrN4S. The highest BCUT2D eigenvalue weighted by molar-refractivity contribution is 9.10. The van der Waals surface area contributed by atoms with Gasteiger partial charge in [0, 0.05) is 28.4 Å². The highest BCUT2D eigenvalue weighted by atomic mass is 79.9. The lowest BCUT2D eigenvalue weighted by Gasteiger charge is -2.13. The van der Waals surface area contributed by atoms with Gasteiger partial charge in [0.15, 0.2) is 0 Å². The number of thiophene rings is 1. The lowest BCUT2D eigenvalue weighted by Crippen LogP contribution is -2.09. The standard InChI is InChI=1S/C13H17BrN4S/c1-4-11-17-12(15-3)8(2)13(18-11)16-7-10-9(14)5-6-19-10/h5-6H,4,7H2,1-3H3,(H2,15,16,17,18). The topological polar surface area (TPSA) is 49.8 Å². The molecule has 0 radical (unpaired) electrons. The average molecular weight is 341 g/mol. The zero-order chi connectivity index (χ0) is 13.8. The van der Waals surface area contributed by atoms with Crippen molar-refractivity contribution in [2.75, 3.05) is 17.7 Å². The molecule has 2 aromatic rings. The first-order valence-corrected chi connectivity index (χ1v) is 7.84. The Morgan fingerprint density at radius 1 is 1.32 bits per heavy atom. The van der Waals surface area contributed by atoms with Gasteiger partial charge in [-0.15, -0.1) is 11.3 Å². The quantitative estimate of drug-likeness (QED) is 0.868. The summed E-state index contributed by atoms with van der Waals surface area (Å²) in [7, 11) is 1.88. The van der Waals surface area contributed by atoms with E-state index in [0.717, 1.165) is 40.5 Å². The third-order valence-electron chi connectivity index (χ3n) is 2.85. The van der Waals surface area contributed by atoms with Crippen LogP contribution in [-0.2, 0) is 13.0 Å². The van der Waals surface area contributed by atoms with E-state index in [1.165, 1.54) is 4.88 Å². The van der Waals surface area contributed by atoms with E-state index in [9.17, 15) is 0 Å². The summed E-state index contributed by atoms with van der Waals surface area (Å²) in [5.74, 6) is 2.64. The lowest BCUT2D eigenvalue weighted by atomic mass is 10.3. The number of nitrogens with zero attached hydrogens (tertiary/aromatic N) is 2. The summed E-state index contributed by atoms with van der Waals surface area (Å²) >= 11 is 5.27. The molecule has 0 saturated carbocycles. The SMILES string of the molecule is CCc1nc(NC)c(C)c(NCc2sccc2Br)n1. The summed E-state index contributed by atoms with van der Waals surface area (Å²) in [5, 5.41) is 8.59. The minimum atomic E-state index is 0.766. The minimum Gasteiger partial charge on any atom is -0.373 e. The summed E-state index contributed by atoms with van der Waals surface area (Å²) in [5.41, 5.74) is 1.05. The molecule has 2 N–H and O–H groups in total. The lowest BCUT2D eigenvalue weighted by molar-refractivity contribution is 0.925. The Morgan fingerprint density at radius 3 is 2.63 bits per heavy atom. The fourth-order valence-electron chi connectivity index (χ4n) is 1.75. The van der Waals surface area contributed by atoms with Crippen LogP contribution in [0.15, 0.2) is 15.9 Å². The van der Waals surface area contributed by atoms with Crippen molar-refractivity contribution in [3.63, 3.8) is 0 Å². The maximum absolute atomic E-state index is 4.56. The maximum atomic E-state index is 4.56. The predicted molar refractivity (Wildman–Crippen MR) is 85.0 cm³/mol. The van der Waals surface area contributed by atoms with Crippen molar-refractivity contribution >= 4 is 38.9 Å². The second-order valence-electron chi connectivity index (χ2n) is 4.11. The van der Waals surface area contributed by atoms with Crippen LogP contribution in [0.1, 0.15) is 23.2 Å². The molecule has 0 aromatic carbocycles. The number of anilines is 2. The highest BCUT2D eigenvalue weighted by Gasteiger charge is 2.10. The summed E-state index contributed by atoms with van der Waals surface area (Å²) in [6, 6.07) is 2.06. The number of hydrogen-bond donors (Lipinski definition) is 2. The molecule has 0 bridgehead atoms. The summed E-state index contributed by atoms with van der Waals surface area (Å²) in [4.78, 5) is 10.3. The predicted octanol–water partition coefficient (Wildman–Crippen LogP) is 3.83. The number of nitrogens with one attached hydrogen (secondary N) is 2. The molecule has 6 heteroatoms. The molecule has 0 fully saturated rings. The summed E-state index contributed by atoms with van der Waals surface area (Å²) in [6.45, 7) is 4.85. The van der Waals surface area contributed by atoms with Crippen molar-refractivity contribution in [3.8, 4) is 0 Å². The van der Waals surface area contributed by atoms with Gasteiger partial charge in [0.2, 0.25) is 0 Å². The molecule has 0 aliphatic heterocycles. The van der Waals surface area contributed by atoms with E-state index >= 15 is 0 Å². The zero-order valence-corrected chi connectivity index (χ0v) is 13.7. The van der Waals surface area contributed by atoms with Gasteiger partial charge in [-0.1, -0.05) is 6.92 Å². The van der Waals surface area contributed by atoms with Crippen molar-refractivity contribution in [3.05, 3.63) is 32.2 Å². The first-order valence-electron chi connectivity index (χ1n) is 6.16. The van der Waals surface area contributed by atoms with E-state index in [-0.39, 0.29) is 0 Å². The molecule has 2 aromatic heterocycles. The van der Waals surface area contributed by atoms with E-state index in [4.69, 9.17) is 0 Å². The Balaban J connectivity index is 2.22. The van der Waals surface area contributed by atoms with Gasteiger partial charge >= 0.3 is 0 Å². The molecule has 0 unspecified atom stereocenters. The molecule has 0 amide bonds. The van der Waals surface area contributed by atoms with Crippen LogP contribution in [0.4, 0.5) is 11.6 Å². The average Bonchev–Trinajstić information content (AvgIpc) is 2.83. The normalized spacial score (nSPS) is 10.5. The van der Waals surface area contributed by atoms with Gasteiger partial charge < -0.3 is 10.6 Å². The Labute approximate surface area is 125 Å². The Kier molecular flexibility index (Phi) is 4.76. The third kappa shape index (κ3) is 3.25. The van der Waals surface area contributed by atoms with E-state index in [2.05, 4.69) is 54.9 Å². The van der Waals surface area contributed by atoms with Gasteiger partial charge in [0.1, 0.15) is 17.5 Å². The van der Waals surface area contributed by atoms with Crippen molar-refractivity contribution in [1.29, 1.82) is 0 Å². The van der Waals surface area contributed by atoms with E-state index in [0.29, 0.717) is 0 Å².